The lowest BCUT2D eigenvalue weighted by molar-refractivity contribution is -0.137. The van der Waals surface area contributed by atoms with E-state index < -0.39 is 34.7 Å². The molecule has 2 rings (SSSR count). The Kier molecular flexibility index (Phi) is 3.57. The quantitative estimate of drug-likeness (QED) is 0.597. The van der Waals surface area contributed by atoms with Crippen molar-refractivity contribution in [2.24, 2.45) is 0 Å². The topological polar surface area (TPSA) is 17.1 Å². The fourth-order valence-corrected chi connectivity index (χ4v) is 1.72. The molecule has 2 aromatic carbocycles. The average molecular weight is 286 g/mol. The van der Waals surface area contributed by atoms with Crippen molar-refractivity contribution in [1.82, 2.24) is 0 Å². The summed E-state index contributed by atoms with van der Waals surface area (Å²) >= 11 is 0. The second-order valence-electron chi connectivity index (χ2n) is 4.00. The maximum absolute atomic E-state index is 13.0. The standard InChI is InChI=1S/C14H7F5O/c15-11-6-5-8(7-12(11)16)13(20)9-3-1-2-4-10(9)14(17,18)19/h1-7H. The summed E-state index contributed by atoms with van der Waals surface area (Å²) in [5, 5.41) is 0. The van der Waals surface area contributed by atoms with E-state index >= 15 is 0 Å². The lowest BCUT2D eigenvalue weighted by Gasteiger charge is -2.11. The van der Waals surface area contributed by atoms with Crippen molar-refractivity contribution in [1.29, 1.82) is 0 Å². The number of hydrogen-bond acceptors (Lipinski definition) is 1. The number of rotatable bonds is 2. The number of carbonyl (C=O) groups excluding carboxylic acids is 1. The molecule has 0 unspecified atom stereocenters. The van der Waals surface area contributed by atoms with Crippen LogP contribution >= 0.6 is 0 Å². The van der Waals surface area contributed by atoms with Crippen molar-refractivity contribution >= 4 is 5.78 Å². The molecule has 0 saturated carbocycles. The van der Waals surface area contributed by atoms with Gasteiger partial charge in [0, 0.05) is 11.1 Å². The molecule has 0 aromatic heterocycles. The van der Waals surface area contributed by atoms with Gasteiger partial charge in [0.15, 0.2) is 17.4 Å². The lowest BCUT2D eigenvalue weighted by atomic mass is 9.98. The van der Waals surface area contributed by atoms with Crippen LogP contribution in [-0.2, 0) is 6.18 Å². The van der Waals surface area contributed by atoms with Gasteiger partial charge in [0.05, 0.1) is 5.56 Å². The van der Waals surface area contributed by atoms with Crippen LogP contribution in [0.25, 0.3) is 0 Å². The Labute approximate surface area is 110 Å². The van der Waals surface area contributed by atoms with Gasteiger partial charge in [-0.1, -0.05) is 18.2 Å². The first kappa shape index (κ1) is 14.2. The van der Waals surface area contributed by atoms with Crippen molar-refractivity contribution in [2.75, 3.05) is 0 Å². The van der Waals surface area contributed by atoms with Gasteiger partial charge in [0.1, 0.15) is 0 Å². The maximum Gasteiger partial charge on any atom is 0.417 e. The monoisotopic (exact) mass is 286 g/mol. The van der Waals surface area contributed by atoms with Crippen LogP contribution in [0.5, 0.6) is 0 Å². The minimum atomic E-state index is -4.70. The molecule has 0 aliphatic heterocycles. The van der Waals surface area contributed by atoms with Crippen molar-refractivity contribution in [3.63, 3.8) is 0 Å². The molecule has 0 atom stereocenters. The van der Waals surface area contributed by atoms with Crippen LogP contribution in [0, 0.1) is 11.6 Å². The first-order chi connectivity index (χ1) is 9.30. The van der Waals surface area contributed by atoms with Crippen LogP contribution in [0.4, 0.5) is 22.0 Å². The van der Waals surface area contributed by atoms with E-state index in [1.54, 1.807) is 0 Å². The summed E-state index contributed by atoms with van der Waals surface area (Å²) in [7, 11) is 0. The summed E-state index contributed by atoms with van der Waals surface area (Å²) in [6.45, 7) is 0. The third-order valence-electron chi connectivity index (χ3n) is 2.66. The Hall–Kier alpha value is -2.24. The molecule has 6 heteroatoms. The molecule has 0 radical (unpaired) electrons. The first-order valence-electron chi connectivity index (χ1n) is 5.46. The summed E-state index contributed by atoms with van der Waals surface area (Å²) < 4.78 is 64.2. The Balaban J connectivity index is 2.51. The molecular weight excluding hydrogens is 279 g/mol. The Morgan fingerprint density at radius 2 is 1.55 bits per heavy atom. The van der Waals surface area contributed by atoms with Crippen LogP contribution in [0.15, 0.2) is 42.5 Å². The van der Waals surface area contributed by atoms with Gasteiger partial charge in [0.2, 0.25) is 0 Å². The van der Waals surface area contributed by atoms with Gasteiger partial charge >= 0.3 is 6.18 Å². The number of alkyl halides is 3. The molecule has 0 aliphatic rings. The van der Waals surface area contributed by atoms with Crippen molar-refractivity contribution in [3.8, 4) is 0 Å². The molecule has 104 valence electrons. The third kappa shape index (κ3) is 2.68. The summed E-state index contributed by atoms with van der Waals surface area (Å²) in [6.07, 6.45) is -4.70. The van der Waals surface area contributed by atoms with E-state index in [0.29, 0.717) is 12.1 Å². The highest BCUT2D eigenvalue weighted by Crippen LogP contribution is 2.32. The van der Waals surface area contributed by atoms with Crippen LogP contribution in [-0.4, -0.2) is 5.78 Å². The molecule has 1 nitrogen and oxygen atoms in total. The largest absolute Gasteiger partial charge is 0.417 e. The first-order valence-corrected chi connectivity index (χ1v) is 5.46. The second-order valence-corrected chi connectivity index (χ2v) is 4.00. The number of halogens is 5. The summed E-state index contributed by atoms with van der Waals surface area (Å²) in [6, 6.07) is 6.37. The maximum atomic E-state index is 13.0. The molecule has 0 spiro atoms. The molecule has 0 heterocycles. The zero-order chi connectivity index (χ0) is 14.9. The molecule has 0 N–H and O–H groups in total. The Morgan fingerprint density at radius 3 is 2.15 bits per heavy atom. The normalized spacial score (nSPS) is 11.4. The summed E-state index contributed by atoms with van der Waals surface area (Å²) in [4.78, 5) is 12.0. The molecular formula is C14H7F5O. The Morgan fingerprint density at radius 1 is 0.900 bits per heavy atom. The minimum absolute atomic E-state index is 0.347. The highest BCUT2D eigenvalue weighted by molar-refractivity contribution is 6.10. The Bertz CT molecular complexity index is 661. The van der Waals surface area contributed by atoms with Gasteiger partial charge in [-0.05, 0) is 24.3 Å². The molecule has 0 saturated heterocycles. The highest BCUT2D eigenvalue weighted by atomic mass is 19.4. The highest BCUT2D eigenvalue weighted by Gasteiger charge is 2.35. The van der Waals surface area contributed by atoms with E-state index in [-0.39, 0.29) is 5.56 Å². The van der Waals surface area contributed by atoms with Gasteiger partial charge < -0.3 is 0 Å². The molecule has 2 aromatic rings. The summed E-state index contributed by atoms with van der Waals surface area (Å²) in [5.41, 5.74) is -2.07. The number of ketones is 1. The van der Waals surface area contributed by atoms with E-state index in [4.69, 9.17) is 0 Å². The van der Waals surface area contributed by atoms with Gasteiger partial charge in [-0.2, -0.15) is 13.2 Å². The molecule has 0 aliphatic carbocycles. The molecule has 20 heavy (non-hydrogen) atoms. The van der Waals surface area contributed by atoms with E-state index in [1.165, 1.54) is 6.07 Å². The smallest absolute Gasteiger partial charge is 0.289 e. The second kappa shape index (κ2) is 5.03. The fourth-order valence-electron chi connectivity index (χ4n) is 1.72. The average Bonchev–Trinajstić information content (AvgIpc) is 2.40. The molecule has 0 amide bonds. The van der Waals surface area contributed by atoms with E-state index in [2.05, 4.69) is 0 Å². The van der Waals surface area contributed by atoms with Crippen molar-refractivity contribution in [3.05, 3.63) is 70.8 Å². The minimum Gasteiger partial charge on any atom is -0.289 e. The zero-order valence-electron chi connectivity index (χ0n) is 9.84. The van der Waals surface area contributed by atoms with Crippen LogP contribution in [0.3, 0.4) is 0 Å². The van der Waals surface area contributed by atoms with E-state index in [1.807, 2.05) is 0 Å². The number of hydrogen-bond donors (Lipinski definition) is 0. The van der Waals surface area contributed by atoms with Crippen molar-refractivity contribution in [2.45, 2.75) is 6.18 Å². The van der Waals surface area contributed by atoms with Gasteiger partial charge in [-0.25, -0.2) is 8.78 Å². The number of benzene rings is 2. The van der Waals surface area contributed by atoms with Crippen LogP contribution in [0.2, 0.25) is 0 Å². The SMILES string of the molecule is O=C(c1ccc(F)c(F)c1)c1ccccc1C(F)(F)F. The van der Waals surface area contributed by atoms with Gasteiger partial charge in [-0.3, -0.25) is 4.79 Å². The summed E-state index contributed by atoms with van der Waals surface area (Å²) in [5.74, 6) is -3.48. The zero-order valence-corrected chi connectivity index (χ0v) is 9.84. The third-order valence-corrected chi connectivity index (χ3v) is 2.66. The fraction of sp³-hybridized carbons (Fsp3) is 0.0714. The molecule has 0 bridgehead atoms. The van der Waals surface area contributed by atoms with Gasteiger partial charge in [-0.15, -0.1) is 0 Å². The van der Waals surface area contributed by atoms with Crippen LogP contribution in [0.1, 0.15) is 21.5 Å². The number of carbonyl (C=O) groups is 1. The predicted octanol–water partition coefficient (Wildman–Crippen LogP) is 4.21. The van der Waals surface area contributed by atoms with E-state index in [9.17, 15) is 26.7 Å². The lowest BCUT2D eigenvalue weighted by Crippen LogP contribution is -2.13. The predicted molar refractivity (Wildman–Crippen MR) is 61.2 cm³/mol. The van der Waals surface area contributed by atoms with E-state index in [0.717, 1.165) is 24.3 Å². The van der Waals surface area contributed by atoms with Crippen LogP contribution < -0.4 is 0 Å². The molecule has 0 fully saturated rings. The van der Waals surface area contributed by atoms with Gasteiger partial charge in [0.25, 0.3) is 0 Å². The van der Waals surface area contributed by atoms with Crippen molar-refractivity contribution < 1.29 is 26.7 Å².